The van der Waals surface area contributed by atoms with Crippen LogP contribution in [0.5, 0.6) is 11.5 Å². The Bertz CT molecular complexity index is 599. The molecule has 0 aliphatic rings. The number of hydrogen-bond donors (Lipinski definition) is 1. The first-order valence-electron chi connectivity index (χ1n) is 6.57. The van der Waals surface area contributed by atoms with Crippen molar-refractivity contribution < 1.29 is 14.2 Å². The molecule has 0 bridgehead atoms. The Labute approximate surface area is 122 Å². The van der Waals surface area contributed by atoms with Gasteiger partial charge in [0.2, 0.25) is 0 Å². The monoisotopic (exact) mass is 293 g/mol. The number of hydrogen-bond acceptors (Lipinski definition) is 7. The van der Waals surface area contributed by atoms with Crippen LogP contribution in [0.25, 0.3) is 11.4 Å². The van der Waals surface area contributed by atoms with Gasteiger partial charge < -0.3 is 19.9 Å². The number of benzene rings is 1. The van der Waals surface area contributed by atoms with Crippen molar-refractivity contribution in [2.24, 2.45) is 0 Å². The van der Waals surface area contributed by atoms with E-state index in [1.54, 1.807) is 31.0 Å². The molecule has 1 aromatic carbocycles. The van der Waals surface area contributed by atoms with Crippen LogP contribution in [0.4, 0.5) is 5.69 Å². The van der Waals surface area contributed by atoms with Gasteiger partial charge >= 0.3 is 0 Å². The van der Waals surface area contributed by atoms with Crippen molar-refractivity contribution in [2.75, 3.05) is 33.2 Å². The third-order valence-electron chi connectivity index (χ3n) is 2.98. The second kappa shape index (κ2) is 6.89. The Morgan fingerprint density at radius 3 is 2.57 bits per heavy atom. The smallest absolute Gasteiger partial charge is 0.184 e. The summed E-state index contributed by atoms with van der Waals surface area (Å²) in [4.78, 5) is 0. The molecule has 0 saturated heterocycles. The second-order valence-electron chi connectivity index (χ2n) is 4.22. The van der Waals surface area contributed by atoms with Crippen LogP contribution < -0.4 is 15.2 Å². The molecule has 8 heteroatoms. The van der Waals surface area contributed by atoms with Gasteiger partial charge in [-0.3, -0.25) is 0 Å². The number of nitrogens with two attached hydrogens (primary N) is 1. The van der Waals surface area contributed by atoms with Gasteiger partial charge in [-0.2, -0.15) is 0 Å². The summed E-state index contributed by atoms with van der Waals surface area (Å²) in [5, 5.41) is 11.7. The fourth-order valence-corrected chi connectivity index (χ4v) is 1.93. The molecule has 0 saturated carbocycles. The van der Waals surface area contributed by atoms with E-state index in [0.717, 1.165) is 0 Å². The molecule has 2 N–H and O–H groups in total. The highest BCUT2D eigenvalue weighted by Gasteiger charge is 2.16. The van der Waals surface area contributed by atoms with Gasteiger partial charge in [-0.15, -0.1) is 5.10 Å². The number of ether oxygens (including phenoxy) is 3. The molecule has 0 aliphatic carbocycles. The molecule has 1 heterocycles. The number of nitrogens with zero attached hydrogens (tertiary/aromatic N) is 4. The lowest BCUT2D eigenvalue weighted by Gasteiger charge is -2.12. The van der Waals surface area contributed by atoms with Crippen LogP contribution in [0.15, 0.2) is 12.1 Å². The lowest BCUT2D eigenvalue weighted by molar-refractivity contribution is 0.136. The first kappa shape index (κ1) is 15.0. The summed E-state index contributed by atoms with van der Waals surface area (Å²) in [6, 6.07) is 3.45. The minimum Gasteiger partial charge on any atom is -0.493 e. The van der Waals surface area contributed by atoms with Crippen molar-refractivity contribution in [3.05, 3.63) is 12.1 Å². The number of rotatable bonds is 7. The molecular weight excluding hydrogens is 274 g/mol. The molecule has 2 aromatic rings. The van der Waals surface area contributed by atoms with E-state index in [4.69, 9.17) is 19.9 Å². The molecule has 0 amide bonds. The molecule has 0 aliphatic heterocycles. The van der Waals surface area contributed by atoms with Gasteiger partial charge in [0.1, 0.15) is 0 Å². The summed E-state index contributed by atoms with van der Waals surface area (Å²) < 4.78 is 17.5. The van der Waals surface area contributed by atoms with E-state index in [1.165, 1.54) is 0 Å². The number of aromatic nitrogens is 4. The van der Waals surface area contributed by atoms with Crippen molar-refractivity contribution >= 4 is 5.69 Å². The maximum Gasteiger partial charge on any atom is 0.184 e. The molecule has 114 valence electrons. The van der Waals surface area contributed by atoms with Crippen LogP contribution in [0.2, 0.25) is 0 Å². The molecule has 21 heavy (non-hydrogen) atoms. The average molecular weight is 293 g/mol. The van der Waals surface area contributed by atoms with Crippen molar-refractivity contribution in [2.45, 2.75) is 13.5 Å². The van der Waals surface area contributed by atoms with E-state index >= 15 is 0 Å². The number of tetrazole rings is 1. The van der Waals surface area contributed by atoms with Gasteiger partial charge in [-0.05, 0) is 23.4 Å². The van der Waals surface area contributed by atoms with Crippen LogP contribution >= 0.6 is 0 Å². The van der Waals surface area contributed by atoms with E-state index in [2.05, 4.69) is 15.5 Å². The number of anilines is 1. The molecular formula is C13H19N5O3. The van der Waals surface area contributed by atoms with E-state index in [1.807, 2.05) is 6.92 Å². The maximum atomic E-state index is 6.06. The highest BCUT2D eigenvalue weighted by molar-refractivity contribution is 5.75. The zero-order valence-corrected chi connectivity index (χ0v) is 12.4. The average Bonchev–Trinajstić information content (AvgIpc) is 2.95. The quantitative estimate of drug-likeness (QED) is 0.600. The molecule has 0 unspecified atom stereocenters. The summed E-state index contributed by atoms with van der Waals surface area (Å²) in [6.45, 7) is 3.66. The molecule has 0 atom stereocenters. The van der Waals surface area contributed by atoms with E-state index < -0.39 is 0 Å². The van der Waals surface area contributed by atoms with Crippen LogP contribution in [-0.4, -0.2) is 47.6 Å². The normalized spacial score (nSPS) is 10.6. The lowest BCUT2D eigenvalue weighted by atomic mass is 10.1. The van der Waals surface area contributed by atoms with Crippen LogP contribution in [0, 0.1) is 0 Å². The van der Waals surface area contributed by atoms with Crippen molar-refractivity contribution in [3.63, 3.8) is 0 Å². The van der Waals surface area contributed by atoms with Gasteiger partial charge in [0.05, 0.1) is 27.4 Å². The Kier molecular flexibility index (Phi) is 4.94. The first-order chi connectivity index (χ1) is 10.2. The van der Waals surface area contributed by atoms with Crippen LogP contribution in [-0.2, 0) is 11.3 Å². The zero-order valence-electron chi connectivity index (χ0n) is 12.4. The largest absolute Gasteiger partial charge is 0.493 e. The summed E-state index contributed by atoms with van der Waals surface area (Å²) >= 11 is 0. The fourth-order valence-electron chi connectivity index (χ4n) is 1.93. The highest BCUT2D eigenvalue weighted by atomic mass is 16.5. The Morgan fingerprint density at radius 1 is 1.19 bits per heavy atom. The van der Waals surface area contributed by atoms with E-state index in [-0.39, 0.29) is 0 Å². The van der Waals surface area contributed by atoms with Gasteiger partial charge in [-0.25, -0.2) is 4.68 Å². The summed E-state index contributed by atoms with van der Waals surface area (Å²) in [5.41, 5.74) is 7.26. The van der Waals surface area contributed by atoms with Gasteiger partial charge in [0.15, 0.2) is 17.3 Å². The molecule has 0 radical (unpaired) electrons. The molecule has 0 spiro atoms. The SMILES string of the molecule is CCOCCn1nnnc1-c1cc(OC)c(OC)cc1N. The predicted octanol–water partition coefficient (Wildman–Crippen LogP) is 0.976. The Balaban J connectivity index is 2.36. The minimum atomic E-state index is 0.514. The highest BCUT2D eigenvalue weighted by Crippen LogP contribution is 2.36. The van der Waals surface area contributed by atoms with E-state index in [0.29, 0.717) is 48.3 Å². The first-order valence-corrected chi connectivity index (χ1v) is 6.57. The number of nitrogen functional groups attached to an aromatic ring is 1. The minimum absolute atomic E-state index is 0.514. The van der Waals surface area contributed by atoms with Crippen molar-refractivity contribution in [3.8, 4) is 22.9 Å². The van der Waals surface area contributed by atoms with Crippen molar-refractivity contribution in [1.82, 2.24) is 20.2 Å². The number of methoxy groups -OCH3 is 2. The third-order valence-corrected chi connectivity index (χ3v) is 2.98. The van der Waals surface area contributed by atoms with Gasteiger partial charge in [0.25, 0.3) is 0 Å². The summed E-state index contributed by atoms with van der Waals surface area (Å²) in [5.74, 6) is 1.70. The Morgan fingerprint density at radius 2 is 1.90 bits per heavy atom. The standard InChI is InChI=1S/C13H19N5O3/c1-4-21-6-5-18-13(15-16-17-18)9-7-11(19-2)12(20-3)8-10(9)14/h7-8H,4-6,14H2,1-3H3. The van der Waals surface area contributed by atoms with E-state index in [9.17, 15) is 0 Å². The second-order valence-corrected chi connectivity index (χ2v) is 4.22. The summed E-state index contributed by atoms with van der Waals surface area (Å²) in [7, 11) is 3.12. The molecule has 8 nitrogen and oxygen atoms in total. The fraction of sp³-hybridized carbons (Fsp3) is 0.462. The van der Waals surface area contributed by atoms with Gasteiger partial charge in [0, 0.05) is 23.9 Å². The predicted molar refractivity (Wildman–Crippen MR) is 77.3 cm³/mol. The topological polar surface area (TPSA) is 97.3 Å². The molecule has 1 aromatic heterocycles. The Hall–Kier alpha value is -2.35. The van der Waals surface area contributed by atoms with Gasteiger partial charge in [-0.1, -0.05) is 0 Å². The molecule has 2 rings (SSSR count). The third kappa shape index (κ3) is 3.22. The van der Waals surface area contributed by atoms with Crippen LogP contribution in [0.1, 0.15) is 6.92 Å². The zero-order chi connectivity index (χ0) is 15.2. The van der Waals surface area contributed by atoms with Crippen LogP contribution in [0.3, 0.4) is 0 Å². The summed E-state index contributed by atoms with van der Waals surface area (Å²) in [6.07, 6.45) is 0. The lowest BCUT2D eigenvalue weighted by Crippen LogP contribution is -2.10. The van der Waals surface area contributed by atoms with Crippen molar-refractivity contribution in [1.29, 1.82) is 0 Å². The maximum absolute atomic E-state index is 6.06. The molecule has 0 fully saturated rings.